The highest BCUT2D eigenvalue weighted by Gasteiger charge is 2.20. The van der Waals surface area contributed by atoms with Crippen LogP contribution in [0.5, 0.6) is 0 Å². The van der Waals surface area contributed by atoms with Crippen molar-refractivity contribution in [3.05, 3.63) is 15.6 Å². The maximum absolute atomic E-state index is 4.66. The third-order valence-electron chi connectivity index (χ3n) is 2.74. The lowest BCUT2D eigenvalue weighted by atomic mass is 10.3. The minimum Gasteiger partial charge on any atom is -0.309 e. The second-order valence-electron chi connectivity index (χ2n) is 5.18. The largest absolute Gasteiger partial charge is 0.309 e. The van der Waals surface area contributed by atoms with Crippen molar-refractivity contribution >= 4 is 23.1 Å². The van der Waals surface area contributed by atoms with Gasteiger partial charge >= 0.3 is 0 Å². The second kappa shape index (κ2) is 6.21. The van der Waals surface area contributed by atoms with Crippen molar-refractivity contribution in [1.82, 2.24) is 10.3 Å². The van der Waals surface area contributed by atoms with Crippen LogP contribution in [-0.2, 0) is 12.3 Å². The number of hydrogen-bond acceptors (Lipinski definition) is 4. The molecule has 2 nitrogen and oxygen atoms in total. The first-order valence-electron chi connectivity index (χ1n) is 6.41. The summed E-state index contributed by atoms with van der Waals surface area (Å²) in [6.45, 7) is 7.69. The highest BCUT2D eigenvalue weighted by molar-refractivity contribution is 7.98. The van der Waals surface area contributed by atoms with Gasteiger partial charge in [-0.05, 0) is 31.4 Å². The lowest BCUT2D eigenvalue weighted by Gasteiger charge is -2.01. The first kappa shape index (κ1) is 13.4. The van der Waals surface area contributed by atoms with Gasteiger partial charge in [0.25, 0.3) is 0 Å². The zero-order valence-electron chi connectivity index (χ0n) is 11.0. The molecular weight excluding hydrogens is 248 g/mol. The van der Waals surface area contributed by atoms with Crippen LogP contribution in [0.3, 0.4) is 0 Å². The summed E-state index contributed by atoms with van der Waals surface area (Å²) >= 11 is 3.89. The van der Waals surface area contributed by atoms with Gasteiger partial charge in [-0.3, -0.25) is 0 Å². The zero-order chi connectivity index (χ0) is 12.3. The fraction of sp³-hybridized carbons (Fsp3) is 0.769. The number of hydrogen-bond donors (Lipinski definition) is 1. The highest BCUT2D eigenvalue weighted by atomic mass is 32.2. The van der Waals surface area contributed by atoms with E-state index in [0.717, 1.165) is 24.3 Å². The van der Waals surface area contributed by atoms with Crippen LogP contribution in [-0.4, -0.2) is 16.8 Å². The number of nitrogens with one attached hydrogen (secondary N) is 1. The van der Waals surface area contributed by atoms with Gasteiger partial charge in [-0.15, -0.1) is 11.3 Å². The Kier molecular flexibility index (Phi) is 4.88. The Morgan fingerprint density at radius 1 is 1.47 bits per heavy atom. The predicted octanol–water partition coefficient (Wildman–Crippen LogP) is 3.59. The molecule has 96 valence electrons. The van der Waals surface area contributed by atoms with Crippen molar-refractivity contribution in [3.63, 3.8) is 0 Å². The molecule has 0 amide bonds. The van der Waals surface area contributed by atoms with Crippen molar-refractivity contribution in [1.29, 1.82) is 0 Å². The molecule has 4 heteroatoms. The number of thioether (sulfide) groups is 1. The summed E-state index contributed by atoms with van der Waals surface area (Å²) in [4.78, 5) is 6.09. The van der Waals surface area contributed by atoms with Crippen LogP contribution in [0.25, 0.3) is 0 Å². The van der Waals surface area contributed by atoms with E-state index in [1.165, 1.54) is 34.2 Å². The van der Waals surface area contributed by atoms with Gasteiger partial charge in [0.1, 0.15) is 5.01 Å². The molecule has 1 heterocycles. The number of thiazole rings is 1. The van der Waals surface area contributed by atoms with Gasteiger partial charge in [-0.25, -0.2) is 4.98 Å². The Morgan fingerprint density at radius 3 is 2.88 bits per heavy atom. The Bertz CT molecular complexity index is 356. The van der Waals surface area contributed by atoms with Crippen LogP contribution in [0, 0.1) is 12.8 Å². The van der Waals surface area contributed by atoms with Gasteiger partial charge in [-0.1, -0.05) is 13.8 Å². The monoisotopic (exact) mass is 270 g/mol. The number of rotatable bonds is 7. The molecule has 1 saturated carbocycles. The van der Waals surface area contributed by atoms with E-state index in [0.29, 0.717) is 0 Å². The van der Waals surface area contributed by atoms with Crippen molar-refractivity contribution < 1.29 is 0 Å². The first-order chi connectivity index (χ1) is 8.15. The molecule has 0 unspecified atom stereocenters. The summed E-state index contributed by atoms with van der Waals surface area (Å²) in [6.07, 6.45) is 2.71. The normalized spacial score (nSPS) is 15.8. The number of nitrogens with zero attached hydrogens (tertiary/aromatic N) is 1. The Balaban J connectivity index is 1.79. The van der Waals surface area contributed by atoms with E-state index in [2.05, 4.69) is 31.1 Å². The number of aryl methyl sites for hydroxylation is 1. The summed E-state index contributed by atoms with van der Waals surface area (Å²) in [5, 5.41) is 4.86. The Labute approximate surface area is 113 Å². The van der Waals surface area contributed by atoms with E-state index in [1.807, 2.05) is 23.1 Å². The molecule has 0 atom stereocenters. The van der Waals surface area contributed by atoms with E-state index in [1.54, 1.807) is 0 Å². The molecule has 1 aliphatic carbocycles. The minimum atomic E-state index is 0.775. The van der Waals surface area contributed by atoms with Gasteiger partial charge in [0.05, 0.1) is 5.69 Å². The van der Waals surface area contributed by atoms with Crippen LogP contribution in [0.4, 0.5) is 0 Å². The van der Waals surface area contributed by atoms with Gasteiger partial charge in [0.2, 0.25) is 0 Å². The maximum Gasteiger partial charge on any atom is 0.103 e. The molecular formula is C13H22N2S2. The molecule has 17 heavy (non-hydrogen) atoms. The van der Waals surface area contributed by atoms with E-state index in [-0.39, 0.29) is 0 Å². The van der Waals surface area contributed by atoms with E-state index in [9.17, 15) is 0 Å². The summed E-state index contributed by atoms with van der Waals surface area (Å²) in [5.41, 5.74) is 1.23. The maximum atomic E-state index is 4.66. The molecule has 1 fully saturated rings. The molecule has 0 bridgehead atoms. The summed E-state index contributed by atoms with van der Waals surface area (Å²) in [5.74, 6) is 3.08. The predicted molar refractivity (Wildman–Crippen MR) is 77.7 cm³/mol. The molecule has 2 rings (SSSR count). The lowest BCUT2D eigenvalue weighted by molar-refractivity contribution is 0.691. The van der Waals surface area contributed by atoms with Crippen LogP contribution in [0.1, 0.15) is 42.3 Å². The quantitative estimate of drug-likeness (QED) is 0.819. The SMILES string of the molecule is Cc1nc(CSCC(C)C)sc1CNC1CC1. The molecule has 0 aromatic carbocycles. The molecule has 0 aliphatic heterocycles. The van der Waals surface area contributed by atoms with Gasteiger partial charge in [0.15, 0.2) is 0 Å². The minimum absolute atomic E-state index is 0.775. The van der Waals surface area contributed by atoms with Crippen LogP contribution < -0.4 is 5.32 Å². The van der Waals surface area contributed by atoms with Gasteiger partial charge in [-0.2, -0.15) is 11.8 Å². The second-order valence-corrected chi connectivity index (χ2v) is 7.38. The fourth-order valence-electron chi connectivity index (χ4n) is 1.62. The fourth-order valence-corrected chi connectivity index (χ4v) is 3.75. The van der Waals surface area contributed by atoms with Crippen molar-refractivity contribution in [2.24, 2.45) is 5.92 Å². The van der Waals surface area contributed by atoms with E-state index in [4.69, 9.17) is 0 Å². The topological polar surface area (TPSA) is 24.9 Å². The Hall–Kier alpha value is -0.0600. The Morgan fingerprint density at radius 2 is 2.24 bits per heavy atom. The van der Waals surface area contributed by atoms with Crippen LogP contribution in [0.2, 0.25) is 0 Å². The van der Waals surface area contributed by atoms with E-state index < -0.39 is 0 Å². The molecule has 0 radical (unpaired) electrons. The molecule has 0 spiro atoms. The van der Waals surface area contributed by atoms with Crippen LogP contribution in [0.15, 0.2) is 0 Å². The van der Waals surface area contributed by atoms with Crippen molar-refractivity contribution in [2.45, 2.75) is 52.0 Å². The van der Waals surface area contributed by atoms with Gasteiger partial charge in [0, 0.05) is 23.2 Å². The molecule has 0 saturated heterocycles. The number of aromatic nitrogens is 1. The highest BCUT2D eigenvalue weighted by Crippen LogP contribution is 2.25. The molecule has 1 aliphatic rings. The standard InChI is InChI=1S/C13H22N2S2/c1-9(2)7-16-8-13-15-10(3)12(17-13)6-14-11-4-5-11/h9,11,14H,4-8H2,1-3H3. The average molecular weight is 270 g/mol. The third-order valence-corrected chi connectivity index (χ3v) is 5.46. The summed E-state index contributed by atoms with van der Waals surface area (Å²) in [6, 6.07) is 0.787. The summed E-state index contributed by atoms with van der Waals surface area (Å²) in [7, 11) is 0. The average Bonchev–Trinajstić information content (AvgIpc) is 3.01. The first-order valence-corrected chi connectivity index (χ1v) is 8.38. The van der Waals surface area contributed by atoms with Crippen molar-refractivity contribution in [2.75, 3.05) is 5.75 Å². The lowest BCUT2D eigenvalue weighted by Crippen LogP contribution is -2.14. The van der Waals surface area contributed by atoms with Crippen molar-refractivity contribution in [3.8, 4) is 0 Å². The van der Waals surface area contributed by atoms with Crippen LogP contribution >= 0.6 is 23.1 Å². The summed E-state index contributed by atoms with van der Waals surface area (Å²) < 4.78 is 0. The molecule has 1 aromatic rings. The smallest absolute Gasteiger partial charge is 0.103 e. The van der Waals surface area contributed by atoms with Gasteiger partial charge < -0.3 is 5.32 Å². The molecule has 1 N–H and O–H groups in total. The third kappa shape index (κ3) is 4.60. The molecule has 1 aromatic heterocycles. The van der Waals surface area contributed by atoms with E-state index >= 15 is 0 Å². The zero-order valence-corrected chi connectivity index (χ0v) is 12.6.